The molecular formula is C20H12ClNO4. The van der Waals surface area contributed by atoms with E-state index >= 15 is 0 Å². The van der Waals surface area contributed by atoms with Gasteiger partial charge in [0.05, 0.1) is 5.69 Å². The van der Waals surface area contributed by atoms with Gasteiger partial charge in [0.15, 0.2) is 5.78 Å². The number of nitrogens with zero attached hydrogens (tertiary/aromatic N) is 1. The zero-order valence-corrected chi connectivity index (χ0v) is 14.4. The zero-order valence-electron chi connectivity index (χ0n) is 13.6. The summed E-state index contributed by atoms with van der Waals surface area (Å²) in [6.45, 7) is 1.44. The number of phenolic OH excluding ortho intramolecular Hbond substituents is 1. The molecule has 6 heteroatoms. The van der Waals surface area contributed by atoms with Crippen molar-refractivity contribution in [3.63, 3.8) is 0 Å². The van der Waals surface area contributed by atoms with E-state index in [0.29, 0.717) is 27.5 Å². The van der Waals surface area contributed by atoms with Gasteiger partial charge in [0, 0.05) is 27.1 Å². The number of Topliss-reactive ketones (excluding diaryl/α,β-unsaturated/α-hetero) is 1. The fourth-order valence-corrected chi connectivity index (χ4v) is 3.46. The molecule has 2 amide bonds. The Morgan fingerprint density at radius 2 is 1.69 bits per heavy atom. The average molecular weight is 366 g/mol. The Balaban J connectivity index is 2.02. The molecule has 0 fully saturated rings. The highest BCUT2D eigenvalue weighted by Gasteiger charge is 2.36. The van der Waals surface area contributed by atoms with Crippen molar-refractivity contribution < 1.29 is 19.5 Å². The summed E-state index contributed by atoms with van der Waals surface area (Å²) in [6.07, 6.45) is 0. The van der Waals surface area contributed by atoms with Crippen LogP contribution in [0.2, 0.25) is 5.02 Å². The molecule has 0 atom stereocenters. The van der Waals surface area contributed by atoms with Gasteiger partial charge in [-0.1, -0.05) is 23.7 Å². The van der Waals surface area contributed by atoms with E-state index < -0.39 is 11.8 Å². The topological polar surface area (TPSA) is 74.7 Å². The van der Waals surface area contributed by atoms with Crippen LogP contribution in [0.25, 0.3) is 10.8 Å². The van der Waals surface area contributed by atoms with Crippen LogP contribution < -0.4 is 4.90 Å². The van der Waals surface area contributed by atoms with Crippen molar-refractivity contribution in [2.45, 2.75) is 6.92 Å². The smallest absolute Gasteiger partial charge is 0.266 e. The van der Waals surface area contributed by atoms with Crippen LogP contribution in [-0.4, -0.2) is 22.7 Å². The van der Waals surface area contributed by atoms with Gasteiger partial charge in [0.1, 0.15) is 5.75 Å². The first-order chi connectivity index (χ1) is 12.4. The summed E-state index contributed by atoms with van der Waals surface area (Å²) in [5.41, 5.74) is 1.05. The number of phenols is 1. The summed E-state index contributed by atoms with van der Waals surface area (Å²) in [5.74, 6) is -1.53. The van der Waals surface area contributed by atoms with Crippen LogP contribution in [0.4, 0.5) is 5.69 Å². The van der Waals surface area contributed by atoms with Crippen LogP contribution >= 0.6 is 11.6 Å². The first-order valence-electron chi connectivity index (χ1n) is 7.84. The van der Waals surface area contributed by atoms with Crippen molar-refractivity contribution in [2.24, 2.45) is 0 Å². The van der Waals surface area contributed by atoms with Crippen molar-refractivity contribution in [2.75, 3.05) is 4.90 Å². The number of imide groups is 1. The molecule has 1 aliphatic heterocycles. The van der Waals surface area contributed by atoms with Gasteiger partial charge < -0.3 is 5.11 Å². The number of ketones is 1. The van der Waals surface area contributed by atoms with Gasteiger partial charge in [-0.2, -0.15) is 0 Å². The standard InChI is InChI=1S/C20H12ClNO4/c1-10(23)12-6-7-15-18-13(12)3-2-4-14(18)19(25)22(20(15)26)16-9-11(21)5-8-17(16)24/h2-9,24H,1H3. The Bertz CT molecular complexity index is 1110. The highest BCUT2D eigenvalue weighted by atomic mass is 35.5. The Morgan fingerprint density at radius 3 is 2.38 bits per heavy atom. The van der Waals surface area contributed by atoms with E-state index in [0.717, 1.165) is 4.90 Å². The molecule has 128 valence electrons. The van der Waals surface area contributed by atoms with E-state index in [1.165, 1.54) is 31.2 Å². The van der Waals surface area contributed by atoms with Gasteiger partial charge in [0.2, 0.25) is 0 Å². The second kappa shape index (κ2) is 5.68. The molecule has 0 saturated heterocycles. The van der Waals surface area contributed by atoms with Crippen LogP contribution in [0.1, 0.15) is 38.0 Å². The molecule has 1 N–H and O–H groups in total. The highest BCUT2D eigenvalue weighted by molar-refractivity contribution is 6.37. The molecule has 0 spiro atoms. The molecule has 0 aromatic heterocycles. The fourth-order valence-electron chi connectivity index (χ4n) is 3.30. The third kappa shape index (κ3) is 2.21. The third-order valence-corrected chi connectivity index (χ3v) is 4.70. The van der Waals surface area contributed by atoms with Gasteiger partial charge in [0.25, 0.3) is 11.8 Å². The lowest BCUT2D eigenvalue weighted by atomic mass is 9.90. The third-order valence-electron chi connectivity index (χ3n) is 4.47. The summed E-state index contributed by atoms with van der Waals surface area (Å²) in [5, 5.41) is 11.4. The van der Waals surface area contributed by atoms with Crippen LogP contribution in [-0.2, 0) is 0 Å². The molecule has 3 aromatic carbocycles. The minimum atomic E-state index is -0.577. The number of hydrogen-bond acceptors (Lipinski definition) is 4. The number of rotatable bonds is 2. The lowest BCUT2D eigenvalue weighted by molar-refractivity contribution is 0.0890. The first kappa shape index (κ1) is 16.3. The van der Waals surface area contributed by atoms with Gasteiger partial charge >= 0.3 is 0 Å². The Hall–Kier alpha value is -3.18. The minimum absolute atomic E-state index is 0.0193. The molecule has 4 rings (SSSR count). The van der Waals surface area contributed by atoms with E-state index in [9.17, 15) is 19.5 Å². The second-order valence-corrected chi connectivity index (χ2v) is 6.46. The van der Waals surface area contributed by atoms with Gasteiger partial charge in [-0.3, -0.25) is 14.4 Å². The van der Waals surface area contributed by atoms with Crippen molar-refractivity contribution in [3.05, 3.63) is 70.2 Å². The average Bonchev–Trinajstić information content (AvgIpc) is 2.62. The summed E-state index contributed by atoms with van der Waals surface area (Å²) in [6, 6.07) is 12.2. The SMILES string of the molecule is CC(=O)c1ccc2c3c(cccc13)C(=O)N(c1cc(Cl)ccc1O)C2=O. The largest absolute Gasteiger partial charge is 0.506 e. The van der Waals surface area contributed by atoms with Crippen LogP contribution in [0.5, 0.6) is 5.75 Å². The van der Waals surface area contributed by atoms with Crippen molar-refractivity contribution in [1.29, 1.82) is 0 Å². The second-order valence-electron chi connectivity index (χ2n) is 6.02. The predicted octanol–water partition coefficient (Wildman–Crippen LogP) is 4.20. The number of hydrogen-bond donors (Lipinski definition) is 1. The number of aromatic hydroxyl groups is 1. The summed E-state index contributed by atoms with van der Waals surface area (Å²) in [7, 11) is 0. The Morgan fingerprint density at radius 1 is 1.00 bits per heavy atom. The first-order valence-corrected chi connectivity index (χ1v) is 8.22. The van der Waals surface area contributed by atoms with Crippen LogP contribution in [0.15, 0.2) is 48.5 Å². The number of halogens is 1. The van der Waals surface area contributed by atoms with Crippen molar-refractivity contribution in [3.8, 4) is 5.75 Å². The van der Waals surface area contributed by atoms with E-state index in [2.05, 4.69) is 0 Å². The monoisotopic (exact) mass is 365 g/mol. The van der Waals surface area contributed by atoms with Gasteiger partial charge in [-0.05, 0) is 48.7 Å². The van der Waals surface area contributed by atoms with Gasteiger partial charge in [-0.25, -0.2) is 4.90 Å². The Labute approximate surface area is 153 Å². The van der Waals surface area contributed by atoms with E-state index in [1.54, 1.807) is 24.3 Å². The van der Waals surface area contributed by atoms with Gasteiger partial charge in [-0.15, -0.1) is 0 Å². The molecule has 1 aliphatic rings. The number of anilines is 1. The lowest BCUT2D eigenvalue weighted by Gasteiger charge is -2.28. The molecule has 0 saturated carbocycles. The molecule has 5 nitrogen and oxygen atoms in total. The summed E-state index contributed by atoms with van der Waals surface area (Å²) >= 11 is 5.97. The molecule has 3 aromatic rings. The van der Waals surface area contributed by atoms with Crippen LogP contribution in [0, 0.1) is 0 Å². The molecule has 0 aliphatic carbocycles. The fraction of sp³-hybridized carbons (Fsp3) is 0.0500. The molecule has 1 heterocycles. The van der Waals surface area contributed by atoms with Crippen LogP contribution in [0.3, 0.4) is 0 Å². The van der Waals surface area contributed by atoms with Crippen molar-refractivity contribution in [1.82, 2.24) is 0 Å². The predicted molar refractivity (Wildman–Crippen MR) is 98.2 cm³/mol. The molecule has 0 bridgehead atoms. The molecular weight excluding hydrogens is 354 g/mol. The maximum absolute atomic E-state index is 13.0. The van der Waals surface area contributed by atoms with E-state index in [4.69, 9.17) is 11.6 Å². The lowest BCUT2D eigenvalue weighted by Crippen LogP contribution is -2.40. The van der Waals surface area contributed by atoms with E-state index in [1.807, 2.05) is 0 Å². The normalized spacial score (nSPS) is 13.4. The minimum Gasteiger partial charge on any atom is -0.506 e. The number of amides is 2. The highest BCUT2D eigenvalue weighted by Crippen LogP contribution is 2.38. The number of carbonyl (C=O) groups is 3. The summed E-state index contributed by atoms with van der Waals surface area (Å²) in [4.78, 5) is 38.8. The molecule has 0 radical (unpaired) electrons. The Kier molecular flexibility index (Phi) is 3.56. The zero-order chi connectivity index (χ0) is 18.6. The summed E-state index contributed by atoms with van der Waals surface area (Å²) < 4.78 is 0. The van der Waals surface area contributed by atoms with Crippen molar-refractivity contribution >= 4 is 45.7 Å². The number of carbonyl (C=O) groups excluding carboxylic acids is 3. The molecule has 0 unspecified atom stereocenters. The maximum atomic E-state index is 13.0. The maximum Gasteiger partial charge on any atom is 0.266 e. The quantitative estimate of drug-likeness (QED) is 0.545. The number of benzene rings is 3. The van der Waals surface area contributed by atoms with E-state index in [-0.39, 0.29) is 22.2 Å². The molecule has 26 heavy (non-hydrogen) atoms.